The molecule has 0 spiro atoms. The standard InChI is InChI=1S/C23H22N4O2/c1-16(14-29-15-17-5-3-2-4-6-17)25-23(28)19-7-8-20-21(13-19)27-22(26-20)18-9-11-24-12-10-18/h2-13,16H,14-15H2,1H3,(H,25,28)(H,26,27)/t16-/m1/s1. The Morgan fingerprint density at radius 2 is 1.90 bits per heavy atom. The third-order valence-electron chi connectivity index (χ3n) is 4.55. The van der Waals surface area contributed by atoms with Crippen LogP contribution in [-0.2, 0) is 11.3 Å². The first-order valence-electron chi connectivity index (χ1n) is 9.52. The van der Waals surface area contributed by atoms with Crippen LogP contribution in [0.4, 0.5) is 0 Å². The SMILES string of the molecule is C[C@H](COCc1ccccc1)NC(=O)c1ccc2nc(-c3ccncc3)[nH]c2c1. The van der Waals surface area contributed by atoms with E-state index in [-0.39, 0.29) is 11.9 Å². The number of carbonyl (C=O) groups is 1. The molecule has 0 aliphatic carbocycles. The van der Waals surface area contributed by atoms with Crippen molar-refractivity contribution in [3.63, 3.8) is 0 Å². The van der Waals surface area contributed by atoms with Gasteiger partial charge in [-0.05, 0) is 42.8 Å². The third kappa shape index (κ3) is 4.67. The van der Waals surface area contributed by atoms with Crippen LogP contribution in [-0.4, -0.2) is 33.5 Å². The first kappa shape index (κ1) is 18.8. The second-order valence-electron chi connectivity index (χ2n) is 6.93. The zero-order chi connectivity index (χ0) is 20.1. The van der Waals surface area contributed by atoms with E-state index >= 15 is 0 Å². The Balaban J connectivity index is 1.37. The van der Waals surface area contributed by atoms with Gasteiger partial charge in [0.15, 0.2) is 0 Å². The molecule has 0 unspecified atom stereocenters. The van der Waals surface area contributed by atoms with Gasteiger partial charge in [-0.2, -0.15) is 0 Å². The summed E-state index contributed by atoms with van der Waals surface area (Å²) in [6.45, 7) is 2.90. The minimum atomic E-state index is -0.136. The molecule has 4 aromatic rings. The molecular weight excluding hydrogens is 364 g/mol. The van der Waals surface area contributed by atoms with E-state index in [0.717, 1.165) is 28.0 Å². The Morgan fingerprint density at radius 1 is 1.10 bits per heavy atom. The molecule has 2 aromatic carbocycles. The van der Waals surface area contributed by atoms with Crippen LogP contribution in [0.2, 0.25) is 0 Å². The fourth-order valence-electron chi connectivity index (χ4n) is 3.07. The molecule has 0 saturated heterocycles. The number of ether oxygens (including phenoxy) is 1. The van der Waals surface area contributed by atoms with Crippen LogP contribution in [0.5, 0.6) is 0 Å². The highest BCUT2D eigenvalue weighted by molar-refractivity contribution is 5.97. The second-order valence-corrected chi connectivity index (χ2v) is 6.93. The molecule has 0 aliphatic heterocycles. The monoisotopic (exact) mass is 386 g/mol. The quantitative estimate of drug-likeness (QED) is 0.504. The van der Waals surface area contributed by atoms with Gasteiger partial charge >= 0.3 is 0 Å². The summed E-state index contributed by atoms with van der Waals surface area (Å²) in [5, 5.41) is 2.98. The van der Waals surface area contributed by atoms with Crippen LogP contribution in [0.3, 0.4) is 0 Å². The van der Waals surface area contributed by atoms with Crippen LogP contribution >= 0.6 is 0 Å². The maximum absolute atomic E-state index is 12.6. The molecular formula is C23H22N4O2. The highest BCUT2D eigenvalue weighted by atomic mass is 16.5. The maximum Gasteiger partial charge on any atom is 0.251 e. The van der Waals surface area contributed by atoms with Crippen LogP contribution in [0.25, 0.3) is 22.4 Å². The van der Waals surface area contributed by atoms with Gasteiger partial charge in [-0.3, -0.25) is 9.78 Å². The van der Waals surface area contributed by atoms with Crippen molar-refractivity contribution in [2.45, 2.75) is 19.6 Å². The van der Waals surface area contributed by atoms with Crippen LogP contribution in [0.1, 0.15) is 22.8 Å². The minimum absolute atomic E-state index is 0.101. The number of fused-ring (bicyclic) bond motifs is 1. The van der Waals surface area contributed by atoms with Crippen molar-refractivity contribution in [1.29, 1.82) is 0 Å². The van der Waals surface area contributed by atoms with Crippen molar-refractivity contribution >= 4 is 16.9 Å². The number of benzene rings is 2. The van der Waals surface area contributed by atoms with Gasteiger partial charge in [0.1, 0.15) is 5.82 Å². The lowest BCUT2D eigenvalue weighted by molar-refractivity contribution is 0.0820. The summed E-state index contributed by atoms with van der Waals surface area (Å²) in [6, 6.07) is 19.1. The number of nitrogens with zero attached hydrogens (tertiary/aromatic N) is 2. The molecule has 2 aromatic heterocycles. The van der Waals surface area contributed by atoms with Gasteiger partial charge in [-0.25, -0.2) is 4.98 Å². The second kappa shape index (κ2) is 8.67. The molecule has 1 amide bonds. The van der Waals surface area contributed by atoms with Crippen LogP contribution < -0.4 is 5.32 Å². The van der Waals surface area contributed by atoms with E-state index in [1.54, 1.807) is 18.5 Å². The van der Waals surface area contributed by atoms with Crippen molar-refractivity contribution in [2.24, 2.45) is 0 Å². The van der Waals surface area contributed by atoms with Crippen molar-refractivity contribution in [1.82, 2.24) is 20.3 Å². The molecule has 4 rings (SSSR count). The molecule has 1 atom stereocenters. The molecule has 6 nitrogen and oxygen atoms in total. The van der Waals surface area contributed by atoms with E-state index in [9.17, 15) is 4.79 Å². The molecule has 0 fully saturated rings. The summed E-state index contributed by atoms with van der Waals surface area (Å²) >= 11 is 0. The number of imidazole rings is 1. The summed E-state index contributed by atoms with van der Waals surface area (Å²) in [5.74, 6) is 0.616. The maximum atomic E-state index is 12.6. The highest BCUT2D eigenvalue weighted by Gasteiger charge is 2.12. The first-order valence-corrected chi connectivity index (χ1v) is 9.52. The number of amides is 1. The van der Waals surface area contributed by atoms with Gasteiger partial charge in [0.25, 0.3) is 5.91 Å². The Labute approximate surface area is 169 Å². The molecule has 146 valence electrons. The van der Waals surface area contributed by atoms with Crippen molar-refractivity contribution in [3.05, 3.63) is 84.2 Å². The van der Waals surface area contributed by atoms with Gasteiger partial charge in [-0.1, -0.05) is 30.3 Å². The summed E-state index contributed by atoms with van der Waals surface area (Å²) < 4.78 is 5.70. The van der Waals surface area contributed by atoms with Gasteiger partial charge in [0, 0.05) is 29.6 Å². The summed E-state index contributed by atoms with van der Waals surface area (Å²) in [7, 11) is 0. The molecule has 0 bridgehead atoms. The number of hydrogen-bond acceptors (Lipinski definition) is 4. The molecule has 0 saturated carbocycles. The van der Waals surface area contributed by atoms with E-state index in [2.05, 4.69) is 20.3 Å². The molecule has 2 N–H and O–H groups in total. The predicted molar refractivity (Wildman–Crippen MR) is 112 cm³/mol. The smallest absolute Gasteiger partial charge is 0.251 e. The van der Waals surface area contributed by atoms with Crippen molar-refractivity contribution < 1.29 is 9.53 Å². The Bertz CT molecular complexity index is 1090. The van der Waals surface area contributed by atoms with Gasteiger partial charge < -0.3 is 15.0 Å². The molecule has 6 heteroatoms. The molecule has 0 radical (unpaired) electrons. The van der Waals surface area contributed by atoms with E-state index in [0.29, 0.717) is 18.8 Å². The number of aromatic amines is 1. The van der Waals surface area contributed by atoms with E-state index < -0.39 is 0 Å². The average molecular weight is 386 g/mol. The first-order chi connectivity index (χ1) is 14.2. The average Bonchev–Trinajstić information content (AvgIpc) is 3.18. The molecule has 2 heterocycles. The molecule has 0 aliphatic rings. The Hall–Kier alpha value is -3.51. The third-order valence-corrected chi connectivity index (χ3v) is 4.55. The topological polar surface area (TPSA) is 79.9 Å². The number of rotatable bonds is 7. The highest BCUT2D eigenvalue weighted by Crippen LogP contribution is 2.20. The predicted octanol–water partition coefficient (Wildman–Crippen LogP) is 3.96. The van der Waals surface area contributed by atoms with Crippen LogP contribution in [0.15, 0.2) is 73.1 Å². The fraction of sp³-hybridized carbons (Fsp3) is 0.174. The normalized spacial score (nSPS) is 12.0. The number of H-pyrrole nitrogens is 1. The van der Waals surface area contributed by atoms with Gasteiger partial charge in [-0.15, -0.1) is 0 Å². The fourth-order valence-corrected chi connectivity index (χ4v) is 3.07. The number of aromatic nitrogens is 3. The molecule has 29 heavy (non-hydrogen) atoms. The lowest BCUT2D eigenvalue weighted by Gasteiger charge is -2.14. The number of carbonyl (C=O) groups excluding carboxylic acids is 1. The van der Waals surface area contributed by atoms with Crippen molar-refractivity contribution in [2.75, 3.05) is 6.61 Å². The largest absolute Gasteiger partial charge is 0.375 e. The number of pyridine rings is 1. The summed E-state index contributed by atoms with van der Waals surface area (Å²) in [5.41, 5.74) is 4.27. The lowest BCUT2D eigenvalue weighted by atomic mass is 10.2. The van der Waals surface area contributed by atoms with Crippen molar-refractivity contribution in [3.8, 4) is 11.4 Å². The number of nitrogens with one attached hydrogen (secondary N) is 2. The van der Waals surface area contributed by atoms with E-state index in [1.807, 2.05) is 61.5 Å². The Kier molecular flexibility index (Phi) is 5.63. The zero-order valence-electron chi connectivity index (χ0n) is 16.1. The Morgan fingerprint density at radius 3 is 2.69 bits per heavy atom. The van der Waals surface area contributed by atoms with Gasteiger partial charge in [0.2, 0.25) is 0 Å². The zero-order valence-corrected chi connectivity index (χ0v) is 16.1. The summed E-state index contributed by atoms with van der Waals surface area (Å²) in [4.78, 5) is 24.5. The minimum Gasteiger partial charge on any atom is -0.375 e. The van der Waals surface area contributed by atoms with E-state index in [4.69, 9.17) is 4.74 Å². The summed E-state index contributed by atoms with van der Waals surface area (Å²) in [6.07, 6.45) is 3.45. The van der Waals surface area contributed by atoms with E-state index in [1.165, 1.54) is 0 Å². The lowest BCUT2D eigenvalue weighted by Crippen LogP contribution is -2.35. The van der Waals surface area contributed by atoms with Crippen LogP contribution in [0, 0.1) is 0 Å². The number of hydrogen-bond donors (Lipinski definition) is 2. The van der Waals surface area contributed by atoms with Gasteiger partial charge in [0.05, 0.1) is 24.2 Å².